The Morgan fingerprint density at radius 3 is 2.96 bits per heavy atom. The largest absolute Gasteiger partial charge is 0.479 e. The van der Waals surface area contributed by atoms with Gasteiger partial charge in [-0.25, -0.2) is 0 Å². The molecule has 2 aromatic carbocycles. The summed E-state index contributed by atoms with van der Waals surface area (Å²) in [6.07, 6.45) is 0.0636. The summed E-state index contributed by atoms with van der Waals surface area (Å²) in [4.78, 5) is 25.4. The number of ether oxygens (including phenoxy) is 1. The van der Waals surface area contributed by atoms with Crippen LogP contribution in [0, 0.1) is 11.3 Å². The number of para-hydroxylation sites is 1. The highest BCUT2D eigenvalue weighted by Crippen LogP contribution is 2.36. The lowest BCUT2D eigenvalue weighted by molar-refractivity contribution is -0.120. The molecule has 0 radical (unpaired) electrons. The van der Waals surface area contributed by atoms with E-state index >= 15 is 0 Å². The monoisotopic (exact) mass is 353 g/mol. The molecule has 0 saturated carbocycles. The van der Waals surface area contributed by atoms with E-state index in [9.17, 15) is 9.59 Å². The van der Waals surface area contributed by atoms with E-state index in [-0.39, 0.29) is 24.8 Å². The summed E-state index contributed by atoms with van der Waals surface area (Å²) in [7, 11) is 0. The minimum absolute atomic E-state index is 0.0598. The molecule has 3 rings (SSSR count). The number of rotatable bonds is 5. The number of anilines is 2. The van der Waals surface area contributed by atoms with Gasteiger partial charge in [0.2, 0.25) is 11.8 Å². The van der Waals surface area contributed by atoms with E-state index in [1.807, 2.05) is 30.3 Å². The minimum Gasteiger partial charge on any atom is -0.479 e. The van der Waals surface area contributed by atoms with Crippen molar-refractivity contribution in [3.63, 3.8) is 0 Å². The Hall–Kier alpha value is -2.98. The Labute approximate surface area is 149 Å². The van der Waals surface area contributed by atoms with Gasteiger partial charge in [-0.2, -0.15) is 5.26 Å². The molecule has 2 amide bonds. The van der Waals surface area contributed by atoms with Crippen LogP contribution in [0.2, 0.25) is 0 Å². The highest BCUT2D eigenvalue weighted by Gasteiger charge is 2.28. The minimum atomic E-state index is -0.479. The lowest BCUT2D eigenvalue weighted by Gasteiger charge is -2.23. The zero-order valence-electron chi connectivity index (χ0n) is 13.2. The molecule has 1 atom stereocenters. The fourth-order valence-corrected chi connectivity index (χ4v) is 3.50. The summed E-state index contributed by atoms with van der Waals surface area (Å²) in [6.45, 7) is -0.0598. The molecule has 2 N–H and O–H groups in total. The smallest absolute Gasteiger partial charge is 0.238 e. The maximum Gasteiger partial charge on any atom is 0.238 e. The molecule has 126 valence electrons. The van der Waals surface area contributed by atoms with Crippen molar-refractivity contribution < 1.29 is 14.3 Å². The fraction of sp³-hybridized carbons (Fsp3) is 0.167. The molecule has 0 aromatic heterocycles. The molecule has 0 spiro atoms. The molecule has 1 unspecified atom stereocenters. The van der Waals surface area contributed by atoms with Crippen molar-refractivity contribution in [2.75, 3.05) is 17.2 Å². The van der Waals surface area contributed by atoms with Gasteiger partial charge in [-0.15, -0.1) is 11.8 Å². The van der Waals surface area contributed by atoms with Gasteiger partial charge >= 0.3 is 0 Å². The van der Waals surface area contributed by atoms with Gasteiger partial charge in [-0.1, -0.05) is 18.2 Å². The van der Waals surface area contributed by atoms with Gasteiger partial charge in [-0.3, -0.25) is 9.59 Å². The number of hydrogen-bond donors (Lipinski definition) is 2. The van der Waals surface area contributed by atoms with E-state index in [4.69, 9.17) is 10.00 Å². The van der Waals surface area contributed by atoms with Crippen molar-refractivity contribution in [2.45, 2.75) is 16.6 Å². The van der Waals surface area contributed by atoms with E-state index in [1.165, 1.54) is 11.8 Å². The number of amides is 2. The van der Waals surface area contributed by atoms with Crippen LogP contribution in [0.25, 0.3) is 0 Å². The molecule has 0 saturated heterocycles. The van der Waals surface area contributed by atoms with E-state index in [0.29, 0.717) is 11.4 Å². The number of hydrogen-bond acceptors (Lipinski definition) is 5. The summed E-state index contributed by atoms with van der Waals surface area (Å²) in [5.41, 5.74) is 1.33. The molecule has 0 bridgehead atoms. The average molecular weight is 353 g/mol. The summed E-state index contributed by atoms with van der Waals surface area (Å²) in [5.74, 6) is 0.0625. The van der Waals surface area contributed by atoms with Gasteiger partial charge < -0.3 is 15.4 Å². The summed E-state index contributed by atoms with van der Waals surface area (Å²) < 4.78 is 5.20. The van der Waals surface area contributed by atoms with Crippen LogP contribution in [0.5, 0.6) is 5.75 Å². The third-order valence-electron chi connectivity index (χ3n) is 3.50. The first-order valence-electron chi connectivity index (χ1n) is 7.62. The van der Waals surface area contributed by atoms with Gasteiger partial charge in [0.25, 0.3) is 0 Å². The number of fused-ring (bicyclic) bond motifs is 1. The molecule has 6 nitrogen and oxygen atoms in total. The lowest BCUT2D eigenvalue weighted by atomic mass is 10.2. The molecule has 0 aliphatic carbocycles. The second-order valence-electron chi connectivity index (χ2n) is 5.32. The average Bonchev–Trinajstić information content (AvgIpc) is 2.61. The highest BCUT2D eigenvalue weighted by molar-refractivity contribution is 8.01. The predicted molar refractivity (Wildman–Crippen MR) is 95.5 cm³/mol. The topological polar surface area (TPSA) is 91.2 Å². The summed E-state index contributed by atoms with van der Waals surface area (Å²) in [6, 6.07) is 16.2. The Balaban J connectivity index is 1.61. The number of thioether (sulfide) groups is 1. The first-order valence-corrected chi connectivity index (χ1v) is 8.50. The van der Waals surface area contributed by atoms with Crippen molar-refractivity contribution in [1.82, 2.24) is 0 Å². The number of carbonyl (C=O) groups is 2. The third-order valence-corrected chi connectivity index (χ3v) is 4.77. The number of benzene rings is 2. The van der Waals surface area contributed by atoms with E-state index < -0.39 is 5.25 Å². The van der Waals surface area contributed by atoms with E-state index in [2.05, 4.69) is 10.6 Å². The number of nitrogens with one attached hydrogen (secondary N) is 2. The predicted octanol–water partition coefficient (Wildman–Crippen LogP) is 3.03. The van der Waals surface area contributed by atoms with Crippen LogP contribution < -0.4 is 15.4 Å². The van der Waals surface area contributed by atoms with Crippen molar-refractivity contribution in [2.24, 2.45) is 0 Å². The molecule has 25 heavy (non-hydrogen) atoms. The Morgan fingerprint density at radius 2 is 2.12 bits per heavy atom. The molecule has 7 heteroatoms. The van der Waals surface area contributed by atoms with Crippen LogP contribution in [0.4, 0.5) is 11.4 Å². The van der Waals surface area contributed by atoms with Crippen molar-refractivity contribution in [3.8, 4) is 11.8 Å². The third kappa shape index (κ3) is 4.31. The van der Waals surface area contributed by atoms with Crippen LogP contribution in [0.15, 0.2) is 53.4 Å². The fourth-order valence-electron chi connectivity index (χ4n) is 2.39. The van der Waals surface area contributed by atoms with Gasteiger partial charge in [0.05, 0.1) is 10.9 Å². The van der Waals surface area contributed by atoms with Crippen LogP contribution in [0.1, 0.15) is 6.42 Å². The maximum atomic E-state index is 12.3. The highest BCUT2D eigenvalue weighted by atomic mass is 32.2. The standard InChI is InChI=1S/C18H15N3O3S/c19-8-9-24-13-5-3-4-12(10-13)20-17(22)11-16-18(23)21-14-6-1-2-7-15(14)25-16/h1-7,10,16H,9,11H2,(H,20,22)(H,21,23). The molecule has 1 aliphatic rings. The zero-order chi connectivity index (χ0) is 17.6. The second kappa shape index (κ2) is 7.73. The van der Waals surface area contributed by atoms with Crippen molar-refractivity contribution in [3.05, 3.63) is 48.5 Å². The zero-order valence-corrected chi connectivity index (χ0v) is 14.0. The van der Waals surface area contributed by atoms with Gasteiger partial charge in [0.15, 0.2) is 6.61 Å². The molecule has 0 fully saturated rings. The van der Waals surface area contributed by atoms with Gasteiger partial charge in [0.1, 0.15) is 11.8 Å². The van der Waals surface area contributed by atoms with E-state index in [1.54, 1.807) is 24.3 Å². The molecule has 2 aromatic rings. The Kier molecular flexibility index (Phi) is 5.21. The van der Waals surface area contributed by atoms with Crippen LogP contribution in [0.3, 0.4) is 0 Å². The van der Waals surface area contributed by atoms with E-state index in [0.717, 1.165) is 10.6 Å². The van der Waals surface area contributed by atoms with Crippen LogP contribution >= 0.6 is 11.8 Å². The van der Waals surface area contributed by atoms with Crippen LogP contribution in [-0.4, -0.2) is 23.7 Å². The molecule has 1 aliphatic heterocycles. The van der Waals surface area contributed by atoms with Crippen molar-refractivity contribution >= 4 is 35.0 Å². The lowest BCUT2D eigenvalue weighted by Crippen LogP contribution is -2.32. The van der Waals surface area contributed by atoms with Gasteiger partial charge in [-0.05, 0) is 24.3 Å². The van der Waals surface area contributed by atoms with Crippen molar-refractivity contribution in [1.29, 1.82) is 5.26 Å². The normalized spacial score (nSPS) is 15.5. The molecular weight excluding hydrogens is 338 g/mol. The SMILES string of the molecule is N#CCOc1cccc(NC(=O)CC2Sc3ccccc3NC2=O)c1. The summed E-state index contributed by atoms with van der Waals surface area (Å²) >= 11 is 1.38. The van der Waals surface area contributed by atoms with Gasteiger partial charge in [0, 0.05) is 23.1 Å². The number of carbonyl (C=O) groups excluding carboxylic acids is 2. The first-order chi connectivity index (χ1) is 12.2. The summed E-state index contributed by atoms with van der Waals surface area (Å²) in [5, 5.41) is 13.6. The number of nitriles is 1. The Bertz CT molecular complexity index is 847. The quantitative estimate of drug-likeness (QED) is 0.862. The Morgan fingerprint density at radius 1 is 1.28 bits per heavy atom. The van der Waals surface area contributed by atoms with Crippen LogP contribution in [-0.2, 0) is 9.59 Å². The number of nitrogens with zero attached hydrogens (tertiary/aromatic N) is 1. The maximum absolute atomic E-state index is 12.3. The first kappa shape index (κ1) is 16.9. The molecule has 1 heterocycles. The molecular formula is C18H15N3O3S. The second-order valence-corrected chi connectivity index (χ2v) is 6.56.